The Kier molecular flexibility index (Phi) is 5.40. The first kappa shape index (κ1) is 19.5. The molecule has 3 rings (SSSR count). The highest BCUT2D eigenvalue weighted by molar-refractivity contribution is 6.15. The van der Waals surface area contributed by atoms with Crippen molar-refractivity contribution in [3.05, 3.63) is 52.8 Å². The zero-order valence-corrected chi connectivity index (χ0v) is 16.5. The molecule has 0 amide bonds. The second-order valence-corrected chi connectivity index (χ2v) is 6.74. The van der Waals surface area contributed by atoms with Crippen molar-refractivity contribution >= 4 is 17.8 Å². The third-order valence-corrected chi connectivity index (χ3v) is 4.34. The predicted octanol–water partition coefficient (Wildman–Crippen LogP) is 4.19. The lowest BCUT2D eigenvalue weighted by atomic mass is 10.0. The maximum atomic E-state index is 12.8. The minimum Gasteiger partial charge on any atom is -0.493 e. The molecular weight excluding hydrogens is 360 g/mol. The predicted molar refractivity (Wildman–Crippen MR) is 104 cm³/mol. The number of rotatable bonds is 5. The lowest BCUT2D eigenvalue weighted by Gasteiger charge is -2.09. The average molecular weight is 382 g/mol. The molecule has 1 aliphatic heterocycles. The van der Waals surface area contributed by atoms with Crippen molar-refractivity contribution in [2.45, 2.75) is 20.8 Å². The van der Waals surface area contributed by atoms with Crippen LogP contribution in [-0.2, 0) is 4.79 Å². The summed E-state index contributed by atoms with van der Waals surface area (Å²) >= 11 is 0. The third-order valence-electron chi connectivity index (χ3n) is 4.34. The van der Waals surface area contributed by atoms with Gasteiger partial charge in [0.1, 0.15) is 11.5 Å². The number of aryl methyl sites for hydroxylation is 1. The van der Waals surface area contributed by atoms with Crippen molar-refractivity contribution in [3.8, 4) is 23.0 Å². The first-order valence-corrected chi connectivity index (χ1v) is 8.86. The highest BCUT2D eigenvalue weighted by Crippen LogP contribution is 2.38. The topological polar surface area (TPSA) is 71.1 Å². The van der Waals surface area contributed by atoms with E-state index >= 15 is 0 Å². The van der Waals surface area contributed by atoms with E-state index in [1.165, 1.54) is 0 Å². The van der Waals surface area contributed by atoms with Gasteiger partial charge in [-0.25, -0.2) is 0 Å². The number of esters is 1. The molecular formula is C22H22O6. The van der Waals surface area contributed by atoms with Gasteiger partial charge in [0.2, 0.25) is 5.78 Å². The number of allylic oxidation sites excluding steroid dienone is 1. The Morgan fingerprint density at radius 1 is 1.07 bits per heavy atom. The number of benzene rings is 2. The Bertz CT molecular complexity index is 971. The molecule has 6 heteroatoms. The van der Waals surface area contributed by atoms with Crippen molar-refractivity contribution in [1.29, 1.82) is 0 Å². The number of Topliss-reactive ketones (excluding diaryl/α,β-unsaturated/α-hetero) is 1. The van der Waals surface area contributed by atoms with Gasteiger partial charge >= 0.3 is 5.97 Å². The average Bonchev–Trinajstić information content (AvgIpc) is 2.97. The van der Waals surface area contributed by atoms with Crippen molar-refractivity contribution in [2.24, 2.45) is 5.92 Å². The zero-order chi connectivity index (χ0) is 20.4. The monoisotopic (exact) mass is 382 g/mol. The minimum atomic E-state index is -0.343. The fourth-order valence-corrected chi connectivity index (χ4v) is 2.86. The van der Waals surface area contributed by atoms with Crippen molar-refractivity contribution in [2.75, 3.05) is 14.2 Å². The number of ether oxygens (including phenoxy) is 4. The highest BCUT2D eigenvalue weighted by Gasteiger charge is 2.30. The second-order valence-electron chi connectivity index (χ2n) is 6.74. The van der Waals surface area contributed by atoms with E-state index in [-0.39, 0.29) is 23.4 Å². The van der Waals surface area contributed by atoms with Gasteiger partial charge in [-0.3, -0.25) is 9.59 Å². The molecule has 0 bridgehead atoms. The fraction of sp³-hybridized carbons (Fsp3) is 0.273. The van der Waals surface area contributed by atoms with Crippen LogP contribution in [0.5, 0.6) is 23.0 Å². The molecule has 0 aromatic heterocycles. The molecule has 2 aromatic rings. The maximum Gasteiger partial charge on any atom is 0.313 e. The summed E-state index contributed by atoms with van der Waals surface area (Å²) < 4.78 is 21.6. The number of carbonyl (C=O) groups excluding carboxylic acids is 2. The molecule has 0 radical (unpaired) electrons. The Morgan fingerprint density at radius 2 is 1.79 bits per heavy atom. The van der Waals surface area contributed by atoms with Gasteiger partial charge in [0.15, 0.2) is 17.3 Å². The lowest BCUT2D eigenvalue weighted by molar-refractivity contribution is -0.137. The van der Waals surface area contributed by atoms with Crippen LogP contribution in [0, 0.1) is 12.8 Å². The van der Waals surface area contributed by atoms with Crippen LogP contribution in [-0.4, -0.2) is 26.0 Å². The quantitative estimate of drug-likeness (QED) is 0.439. The summed E-state index contributed by atoms with van der Waals surface area (Å²) in [6, 6.07) is 8.55. The summed E-state index contributed by atoms with van der Waals surface area (Å²) in [5.41, 5.74) is 1.89. The molecule has 0 fully saturated rings. The van der Waals surface area contributed by atoms with Crippen LogP contribution in [0.1, 0.15) is 35.3 Å². The summed E-state index contributed by atoms with van der Waals surface area (Å²) in [5.74, 6) is 1.26. The zero-order valence-electron chi connectivity index (χ0n) is 16.5. The number of carbonyl (C=O) groups is 2. The standard InChI is InChI=1S/C22H22O6/c1-12(2)22(24)27-15-8-13(3)20-18(11-15)28-19(21(20)23)10-14-6-7-16(25-4)17(9-14)26-5/h6-12H,1-5H3/b19-10-. The molecule has 146 valence electrons. The van der Waals surface area contributed by atoms with Crippen LogP contribution >= 0.6 is 0 Å². The molecule has 0 aliphatic carbocycles. The Balaban J connectivity index is 1.92. The highest BCUT2D eigenvalue weighted by atomic mass is 16.5. The Hall–Kier alpha value is -3.28. The number of ketones is 1. The van der Waals surface area contributed by atoms with E-state index in [0.717, 1.165) is 5.56 Å². The van der Waals surface area contributed by atoms with E-state index in [1.807, 2.05) is 0 Å². The number of methoxy groups -OCH3 is 2. The van der Waals surface area contributed by atoms with Gasteiger partial charge < -0.3 is 18.9 Å². The number of hydrogen-bond donors (Lipinski definition) is 0. The normalized spacial score (nSPS) is 14.1. The van der Waals surface area contributed by atoms with Crippen LogP contribution in [0.2, 0.25) is 0 Å². The van der Waals surface area contributed by atoms with Gasteiger partial charge in [-0.2, -0.15) is 0 Å². The summed E-state index contributed by atoms with van der Waals surface area (Å²) in [7, 11) is 3.11. The van der Waals surface area contributed by atoms with Crippen LogP contribution in [0.3, 0.4) is 0 Å². The van der Waals surface area contributed by atoms with E-state index in [0.29, 0.717) is 34.1 Å². The summed E-state index contributed by atoms with van der Waals surface area (Å²) in [5, 5.41) is 0. The molecule has 28 heavy (non-hydrogen) atoms. The van der Waals surface area contributed by atoms with Gasteiger partial charge in [0, 0.05) is 6.07 Å². The van der Waals surface area contributed by atoms with Crippen LogP contribution in [0.15, 0.2) is 36.1 Å². The molecule has 0 N–H and O–H groups in total. The van der Waals surface area contributed by atoms with Crippen molar-refractivity contribution in [3.63, 3.8) is 0 Å². The summed E-state index contributed by atoms with van der Waals surface area (Å²) in [6.07, 6.45) is 1.64. The first-order valence-electron chi connectivity index (χ1n) is 8.86. The molecule has 1 heterocycles. The van der Waals surface area contributed by atoms with Crippen LogP contribution < -0.4 is 18.9 Å². The molecule has 1 aliphatic rings. The number of hydrogen-bond acceptors (Lipinski definition) is 6. The van der Waals surface area contributed by atoms with Crippen molar-refractivity contribution in [1.82, 2.24) is 0 Å². The number of fused-ring (bicyclic) bond motifs is 1. The SMILES string of the molecule is COc1ccc(/C=C2\Oc3cc(OC(=O)C(C)C)cc(C)c3C2=O)cc1OC. The van der Waals surface area contributed by atoms with E-state index in [2.05, 4.69) is 0 Å². The maximum absolute atomic E-state index is 12.8. The Labute approximate surface area is 163 Å². The smallest absolute Gasteiger partial charge is 0.313 e. The molecule has 0 saturated heterocycles. The van der Waals surface area contributed by atoms with Gasteiger partial charge in [-0.15, -0.1) is 0 Å². The summed E-state index contributed by atoms with van der Waals surface area (Å²) in [6.45, 7) is 5.30. The van der Waals surface area contributed by atoms with E-state index in [9.17, 15) is 9.59 Å². The molecule has 0 unspecified atom stereocenters. The lowest BCUT2D eigenvalue weighted by Crippen LogP contribution is -2.14. The molecule has 6 nitrogen and oxygen atoms in total. The summed E-state index contributed by atoms with van der Waals surface area (Å²) in [4.78, 5) is 24.6. The molecule has 0 saturated carbocycles. The van der Waals surface area contributed by atoms with Gasteiger partial charge in [-0.05, 0) is 42.3 Å². The van der Waals surface area contributed by atoms with Crippen LogP contribution in [0.4, 0.5) is 0 Å². The van der Waals surface area contributed by atoms with E-state index in [4.69, 9.17) is 18.9 Å². The first-order chi connectivity index (χ1) is 13.3. The van der Waals surface area contributed by atoms with Gasteiger partial charge in [0.05, 0.1) is 25.7 Å². The molecule has 0 atom stereocenters. The Morgan fingerprint density at radius 3 is 2.43 bits per heavy atom. The van der Waals surface area contributed by atoms with Crippen LogP contribution in [0.25, 0.3) is 6.08 Å². The third kappa shape index (κ3) is 3.71. The van der Waals surface area contributed by atoms with Gasteiger partial charge in [-0.1, -0.05) is 19.9 Å². The van der Waals surface area contributed by atoms with Crippen molar-refractivity contribution < 1.29 is 28.5 Å². The molecule has 2 aromatic carbocycles. The van der Waals surface area contributed by atoms with Gasteiger partial charge in [0.25, 0.3) is 0 Å². The largest absolute Gasteiger partial charge is 0.493 e. The van der Waals surface area contributed by atoms with E-state index < -0.39 is 0 Å². The van der Waals surface area contributed by atoms with E-state index in [1.54, 1.807) is 71.4 Å². The molecule has 0 spiro atoms. The minimum absolute atomic E-state index is 0.192. The fourth-order valence-electron chi connectivity index (χ4n) is 2.86. The second kappa shape index (κ2) is 7.76.